The molecule has 0 saturated carbocycles. The van der Waals surface area contributed by atoms with Crippen LogP contribution in [-0.2, 0) is 9.59 Å². The predicted octanol–water partition coefficient (Wildman–Crippen LogP) is -0.624. The summed E-state index contributed by atoms with van der Waals surface area (Å²) in [5.41, 5.74) is 0. The van der Waals surface area contributed by atoms with Gasteiger partial charge in [0.05, 0.1) is 13.2 Å². The molecule has 0 bridgehead atoms. The number of aliphatic hydroxyl groups is 1. The average Bonchev–Trinajstić information content (AvgIpc) is 2.77. The van der Waals surface area contributed by atoms with Crippen LogP contribution in [0, 0.1) is 0 Å². The molecule has 1 fully saturated rings. The van der Waals surface area contributed by atoms with Gasteiger partial charge in [0.25, 0.3) is 0 Å². The lowest BCUT2D eigenvalue weighted by Crippen LogP contribution is -2.46. The molecular formula is C11H20N2O4. The first kappa shape index (κ1) is 13.9. The van der Waals surface area contributed by atoms with E-state index in [0.717, 1.165) is 6.42 Å². The van der Waals surface area contributed by atoms with Crippen molar-refractivity contribution < 1.29 is 19.8 Å². The number of carboxylic acids is 1. The van der Waals surface area contributed by atoms with Gasteiger partial charge < -0.3 is 15.1 Å². The van der Waals surface area contributed by atoms with E-state index in [1.54, 1.807) is 4.90 Å². The van der Waals surface area contributed by atoms with Crippen LogP contribution in [0.4, 0.5) is 0 Å². The van der Waals surface area contributed by atoms with Gasteiger partial charge in [0.1, 0.15) is 6.04 Å². The van der Waals surface area contributed by atoms with E-state index in [1.165, 1.54) is 4.90 Å². The number of aliphatic carboxylic acids is 1. The van der Waals surface area contributed by atoms with Crippen LogP contribution >= 0.6 is 0 Å². The minimum Gasteiger partial charge on any atom is -0.480 e. The van der Waals surface area contributed by atoms with Crippen molar-refractivity contribution in [2.24, 2.45) is 0 Å². The van der Waals surface area contributed by atoms with Crippen molar-refractivity contribution in [3.05, 3.63) is 0 Å². The Kier molecular flexibility index (Phi) is 5.37. The molecular weight excluding hydrogens is 224 g/mol. The standard InChI is InChI=1S/C11H20N2O4/c1-2-12(6-7-14)8-10(15)13-5-3-4-9(13)11(16)17/h9,14H,2-8H2,1H3,(H,16,17). The van der Waals surface area contributed by atoms with E-state index in [9.17, 15) is 9.59 Å². The second-order valence-electron chi connectivity index (χ2n) is 4.18. The van der Waals surface area contributed by atoms with Gasteiger partial charge in [-0.25, -0.2) is 4.79 Å². The number of hydrogen-bond acceptors (Lipinski definition) is 4. The van der Waals surface area contributed by atoms with Crippen LogP contribution in [0.5, 0.6) is 0 Å². The van der Waals surface area contributed by atoms with Gasteiger partial charge in [-0.3, -0.25) is 9.69 Å². The number of likely N-dealkylation sites (N-methyl/N-ethyl adjacent to an activating group) is 1. The maximum atomic E-state index is 11.9. The minimum absolute atomic E-state index is 0.00345. The number of aliphatic hydroxyl groups excluding tert-OH is 1. The number of hydrogen-bond donors (Lipinski definition) is 2. The third kappa shape index (κ3) is 3.67. The second-order valence-corrected chi connectivity index (χ2v) is 4.18. The lowest BCUT2D eigenvalue weighted by atomic mass is 10.2. The molecule has 1 heterocycles. The van der Waals surface area contributed by atoms with Gasteiger partial charge in [0, 0.05) is 13.1 Å². The number of likely N-dealkylation sites (tertiary alicyclic amines) is 1. The number of carboxylic acid groups (broad SMARTS) is 1. The summed E-state index contributed by atoms with van der Waals surface area (Å²) in [7, 11) is 0. The highest BCUT2D eigenvalue weighted by Crippen LogP contribution is 2.17. The zero-order chi connectivity index (χ0) is 12.8. The SMILES string of the molecule is CCN(CCO)CC(=O)N1CCCC1C(=O)O. The van der Waals surface area contributed by atoms with E-state index in [2.05, 4.69) is 0 Å². The Balaban J connectivity index is 2.54. The van der Waals surface area contributed by atoms with E-state index in [4.69, 9.17) is 10.2 Å². The van der Waals surface area contributed by atoms with Crippen molar-refractivity contribution in [3.8, 4) is 0 Å². The highest BCUT2D eigenvalue weighted by molar-refractivity contribution is 5.85. The molecule has 0 aromatic rings. The average molecular weight is 244 g/mol. The molecule has 1 aliphatic rings. The molecule has 1 unspecified atom stereocenters. The summed E-state index contributed by atoms with van der Waals surface area (Å²) in [6.07, 6.45) is 1.28. The fraction of sp³-hybridized carbons (Fsp3) is 0.818. The Morgan fingerprint density at radius 3 is 2.71 bits per heavy atom. The van der Waals surface area contributed by atoms with Crippen molar-refractivity contribution in [3.63, 3.8) is 0 Å². The summed E-state index contributed by atoms with van der Waals surface area (Å²) in [6.45, 7) is 3.71. The largest absolute Gasteiger partial charge is 0.480 e. The molecule has 0 radical (unpaired) electrons. The Morgan fingerprint density at radius 2 is 2.18 bits per heavy atom. The smallest absolute Gasteiger partial charge is 0.326 e. The van der Waals surface area contributed by atoms with Gasteiger partial charge in [0.15, 0.2) is 0 Å². The lowest BCUT2D eigenvalue weighted by molar-refractivity contribution is -0.148. The third-order valence-corrected chi connectivity index (χ3v) is 3.08. The molecule has 17 heavy (non-hydrogen) atoms. The predicted molar refractivity (Wildman–Crippen MR) is 61.6 cm³/mol. The minimum atomic E-state index is -0.930. The normalized spacial score (nSPS) is 19.9. The molecule has 0 spiro atoms. The molecule has 1 atom stereocenters. The van der Waals surface area contributed by atoms with Gasteiger partial charge in [-0.15, -0.1) is 0 Å². The summed E-state index contributed by atoms with van der Waals surface area (Å²) >= 11 is 0. The molecule has 0 aromatic heterocycles. The van der Waals surface area contributed by atoms with Crippen LogP contribution in [0.2, 0.25) is 0 Å². The monoisotopic (exact) mass is 244 g/mol. The number of nitrogens with zero attached hydrogens (tertiary/aromatic N) is 2. The maximum Gasteiger partial charge on any atom is 0.326 e. The van der Waals surface area contributed by atoms with E-state index < -0.39 is 12.0 Å². The van der Waals surface area contributed by atoms with Crippen molar-refractivity contribution in [1.82, 2.24) is 9.80 Å². The Hall–Kier alpha value is -1.14. The van der Waals surface area contributed by atoms with Crippen LogP contribution in [0.25, 0.3) is 0 Å². The van der Waals surface area contributed by atoms with E-state index >= 15 is 0 Å². The zero-order valence-corrected chi connectivity index (χ0v) is 10.1. The quantitative estimate of drug-likeness (QED) is 0.650. The van der Waals surface area contributed by atoms with Crippen molar-refractivity contribution in [1.29, 1.82) is 0 Å². The summed E-state index contributed by atoms with van der Waals surface area (Å²) < 4.78 is 0. The zero-order valence-electron chi connectivity index (χ0n) is 10.1. The van der Waals surface area contributed by atoms with Crippen LogP contribution in [-0.4, -0.2) is 70.7 Å². The molecule has 6 heteroatoms. The molecule has 98 valence electrons. The Morgan fingerprint density at radius 1 is 1.47 bits per heavy atom. The number of carbonyl (C=O) groups is 2. The van der Waals surface area contributed by atoms with Gasteiger partial charge in [-0.2, -0.15) is 0 Å². The number of rotatable bonds is 6. The first-order valence-electron chi connectivity index (χ1n) is 5.95. The van der Waals surface area contributed by atoms with E-state index in [1.807, 2.05) is 6.92 Å². The summed E-state index contributed by atoms with van der Waals surface area (Å²) in [6, 6.07) is -0.671. The van der Waals surface area contributed by atoms with Crippen molar-refractivity contribution in [2.75, 3.05) is 32.8 Å². The molecule has 2 N–H and O–H groups in total. The van der Waals surface area contributed by atoms with Gasteiger partial charge >= 0.3 is 5.97 Å². The molecule has 1 amide bonds. The molecule has 1 aliphatic heterocycles. The fourth-order valence-corrected chi connectivity index (χ4v) is 2.09. The first-order chi connectivity index (χ1) is 8.10. The topological polar surface area (TPSA) is 81.1 Å². The third-order valence-electron chi connectivity index (χ3n) is 3.08. The van der Waals surface area contributed by atoms with Gasteiger partial charge in [-0.05, 0) is 19.4 Å². The Bertz CT molecular complexity index is 283. The molecule has 0 aliphatic carbocycles. The fourth-order valence-electron chi connectivity index (χ4n) is 2.09. The Labute approximate surface area is 101 Å². The highest BCUT2D eigenvalue weighted by Gasteiger charge is 2.34. The maximum absolute atomic E-state index is 11.9. The number of amides is 1. The van der Waals surface area contributed by atoms with Crippen molar-refractivity contribution in [2.45, 2.75) is 25.8 Å². The summed E-state index contributed by atoms with van der Waals surface area (Å²) in [5.74, 6) is -1.09. The highest BCUT2D eigenvalue weighted by atomic mass is 16.4. The van der Waals surface area contributed by atoms with Gasteiger partial charge in [-0.1, -0.05) is 6.92 Å². The van der Waals surface area contributed by atoms with Crippen LogP contribution < -0.4 is 0 Å². The summed E-state index contributed by atoms with van der Waals surface area (Å²) in [4.78, 5) is 26.1. The van der Waals surface area contributed by atoms with E-state index in [-0.39, 0.29) is 19.1 Å². The molecule has 1 rings (SSSR count). The molecule has 0 aromatic carbocycles. The van der Waals surface area contributed by atoms with Gasteiger partial charge in [0.2, 0.25) is 5.91 Å². The van der Waals surface area contributed by atoms with E-state index in [0.29, 0.717) is 26.1 Å². The number of carbonyl (C=O) groups excluding carboxylic acids is 1. The van der Waals surface area contributed by atoms with Crippen LogP contribution in [0.1, 0.15) is 19.8 Å². The molecule has 1 saturated heterocycles. The molecule has 6 nitrogen and oxygen atoms in total. The van der Waals surface area contributed by atoms with Crippen LogP contribution in [0.3, 0.4) is 0 Å². The van der Waals surface area contributed by atoms with Crippen molar-refractivity contribution >= 4 is 11.9 Å². The second kappa shape index (κ2) is 6.56. The van der Waals surface area contributed by atoms with Crippen LogP contribution in [0.15, 0.2) is 0 Å². The lowest BCUT2D eigenvalue weighted by Gasteiger charge is -2.25. The first-order valence-corrected chi connectivity index (χ1v) is 5.95. The summed E-state index contributed by atoms with van der Waals surface area (Å²) in [5, 5.41) is 17.8.